The Bertz CT molecular complexity index is 1370. The minimum Gasteiger partial charge on any atom is -0.377 e. The Labute approximate surface area is 192 Å². The standard InChI is InChI=1S/C25H23N3O4S/c1-16-9-11-17(12-10-16)27-33(31,32)18-13-14-23-22(15-18)19-6-4-7-20(19)25(26-23)21-5-2-3-8-24(21)28(29)30/h2-6,8-15,19-20,25-27H,7H2,1H3/t19-,20+,25-/m0/s1. The molecule has 3 aromatic carbocycles. The van der Waals surface area contributed by atoms with Gasteiger partial charge in [0.1, 0.15) is 0 Å². The Kier molecular flexibility index (Phi) is 5.17. The number of sulfonamides is 1. The van der Waals surface area contributed by atoms with Crippen LogP contribution in [0.5, 0.6) is 0 Å². The van der Waals surface area contributed by atoms with Crippen LogP contribution in [0.2, 0.25) is 0 Å². The molecule has 7 nitrogen and oxygen atoms in total. The molecule has 2 N–H and O–H groups in total. The van der Waals surface area contributed by atoms with Crippen molar-refractivity contribution in [3.05, 3.63) is 106 Å². The fourth-order valence-electron chi connectivity index (χ4n) is 4.80. The molecule has 33 heavy (non-hydrogen) atoms. The van der Waals surface area contributed by atoms with Gasteiger partial charge in [-0.15, -0.1) is 0 Å². The number of hydrogen-bond donors (Lipinski definition) is 2. The van der Waals surface area contributed by atoms with Gasteiger partial charge in [-0.2, -0.15) is 0 Å². The average Bonchev–Trinajstić information content (AvgIpc) is 3.30. The molecule has 8 heteroatoms. The molecule has 2 aliphatic rings. The number of aryl methyl sites for hydroxylation is 1. The lowest BCUT2D eigenvalue weighted by atomic mass is 9.76. The van der Waals surface area contributed by atoms with E-state index < -0.39 is 10.0 Å². The number of para-hydroxylation sites is 1. The Morgan fingerprint density at radius 2 is 1.79 bits per heavy atom. The molecule has 1 aliphatic heterocycles. The van der Waals surface area contributed by atoms with Crippen molar-refractivity contribution in [2.45, 2.75) is 30.2 Å². The Morgan fingerprint density at radius 1 is 1.03 bits per heavy atom. The first kappa shape index (κ1) is 21.2. The second-order valence-electron chi connectivity index (χ2n) is 8.51. The molecule has 0 bridgehead atoms. The van der Waals surface area contributed by atoms with Crippen LogP contribution in [-0.2, 0) is 10.0 Å². The predicted molar refractivity (Wildman–Crippen MR) is 128 cm³/mol. The Morgan fingerprint density at radius 3 is 2.55 bits per heavy atom. The minimum absolute atomic E-state index is 0.0272. The van der Waals surface area contributed by atoms with Crippen LogP contribution in [0.4, 0.5) is 17.1 Å². The molecule has 1 aliphatic carbocycles. The molecular weight excluding hydrogens is 438 g/mol. The summed E-state index contributed by atoms with van der Waals surface area (Å²) in [5.74, 6) is 0.0298. The number of nitrogens with zero attached hydrogens (tertiary/aromatic N) is 1. The van der Waals surface area contributed by atoms with Crippen LogP contribution >= 0.6 is 0 Å². The van der Waals surface area contributed by atoms with Crippen LogP contribution in [-0.4, -0.2) is 13.3 Å². The van der Waals surface area contributed by atoms with E-state index in [-0.39, 0.29) is 33.4 Å². The van der Waals surface area contributed by atoms with Crippen molar-refractivity contribution in [1.82, 2.24) is 0 Å². The van der Waals surface area contributed by atoms with Crippen molar-refractivity contribution in [3.63, 3.8) is 0 Å². The van der Waals surface area contributed by atoms with Crippen LogP contribution in [0, 0.1) is 23.0 Å². The average molecular weight is 462 g/mol. The van der Waals surface area contributed by atoms with Gasteiger partial charge in [0.05, 0.1) is 21.4 Å². The minimum atomic E-state index is -3.76. The third kappa shape index (κ3) is 3.87. The van der Waals surface area contributed by atoms with E-state index in [1.165, 1.54) is 6.07 Å². The van der Waals surface area contributed by atoms with Gasteiger partial charge in [-0.3, -0.25) is 14.8 Å². The van der Waals surface area contributed by atoms with Crippen molar-refractivity contribution in [2.75, 3.05) is 10.0 Å². The predicted octanol–water partition coefficient (Wildman–Crippen LogP) is 5.53. The first-order chi connectivity index (χ1) is 15.8. The van der Waals surface area contributed by atoms with E-state index in [0.29, 0.717) is 11.3 Å². The van der Waals surface area contributed by atoms with Gasteiger partial charge in [-0.1, -0.05) is 48.0 Å². The highest BCUT2D eigenvalue weighted by Crippen LogP contribution is 2.51. The number of anilines is 2. The van der Waals surface area contributed by atoms with Crippen molar-refractivity contribution >= 4 is 27.1 Å². The summed E-state index contributed by atoms with van der Waals surface area (Å²) in [5, 5.41) is 15.1. The highest BCUT2D eigenvalue weighted by atomic mass is 32.2. The fraction of sp³-hybridized carbons (Fsp3) is 0.200. The fourth-order valence-corrected chi connectivity index (χ4v) is 5.89. The molecule has 0 amide bonds. The summed E-state index contributed by atoms with van der Waals surface area (Å²) in [4.78, 5) is 11.5. The van der Waals surface area contributed by atoms with E-state index in [0.717, 1.165) is 23.2 Å². The van der Waals surface area contributed by atoms with Crippen LogP contribution in [0.1, 0.15) is 35.1 Å². The summed E-state index contributed by atoms with van der Waals surface area (Å²) in [6.07, 6.45) is 4.90. The molecule has 0 saturated heterocycles. The van der Waals surface area contributed by atoms with Gasteiger partial charge < -0.3 is 5.32 Å². The summed E-state index contributed by atoms with van der Waals surface area (Å²) < 4.78 is 28.7. The van der Waals surface area contributed by atoms with E-state index >= 15 is 0 Å². The summed E-state index contributed by atoms with van der Waals surface area (Å²) in [5.41, 5.74) is 3.96. The van der Waals surface area contributed by atoms with Crippen LogP contribution in [0.25, 0.3) is 0 Å². The first-order valence-corrected chi connectivity index (χ1v) is 12.2. The zero-order valence-electron chi connectivity index (χ0n) is 17.9. The highest BCUT2D eigenvalue weighted by Gasteiger charge is 2.40. The van der Waals surface area contributed by atoms with Crippen molar-refractivity contribution in [3.8, 4) is 0 Å². The highest BCUT2D eigenvalue weighted by molar-refractivity contribution is 7.92. The molecule has 3 aromatic rings. The second kappa shape index (κ2) is 8.04. The second-order valence-corrected chi connectivity index (χ2v) is 10.2. The summed E-state index contributed by atoms with van der Waals surface area (Å²) in [7, 11) is -3.76. The molecule has 3 atom stereocenters. The quantitative estimate of drug-likeness (QED) is 0.295. The number of nitrogens with one attached hydrogen (secondary N) is 2. The summed E-state index contributed by atoms with van der Waals surface area (Å²) in [6.45, 7) is 1.94. The van der Waals surface area contributed by atoms with Gasteiger partial charge in [-0.25, -0.2) is 8.42 Å². The van der Waals surface area contributed by atoms with E-state index in [4.69, 9.17) is 0 Å². The molecule has 5 rings (SSSR count). The molecule has 0 fully saturated rings. The molecule has 168 valence electrons. The lowest BCUT2D eigenvalue weighted by Crippen LogP contribution is -2.30. The third-order valence-electron chi connectivity index (χ3n) is 6.42. The monoisotopic (exact) mass is 461 g/mol. The largest absolute Gasteiger partial charge is 0.377 e. The summed E-state index contributed by atoms with van der Waals surface area (Å²) in [6, 6.07) is 18.8. The number of allylic oxidation sites excluding steroid dienone is 2. The SMILES string of the molecule is Cc1ccc(NS(=O)(=O)c2ccc3c(c2)[C@H]2C=CC[C@H]2[C@@H](c2ccccc2[N+](=O)[O-])N3)cc1. The number of nitro groups is 1. The number of rotatable bonds is 5. The topological polar surface area (TPSA) is 101 Å². The Balaban J connectivity index is 1.51. The number of fused-ring (bicyclic) bond motifs is 3. The molecule has 0 radical (unpaired) electrons. The van der Waals surface area contributed by atoms with Gasteiger partial charge >= 0.3 is 0 Å². The maximum absolute atomic E-state index is 13.0. The van der Waals surface area contributed by atoms with Gasteiger partial charge in [0.25, 0.3) is 15.7 Å². The summed E-state index contributed by atoms with van der Waals surface area (Å²) >= 11 is 0. The van der Waals surface area contributed by atoms with E-state index in [9.17, 15) is 18.5 Å². The maximum Gasteiger partial charge on any atom is 0.274 e. The van der Waals surface area contributed by atoms with E-state index in [1.54, 1.807) is 42.5 Å². The first-order valence-electron chi connectivity index (χ1n) is 10.7. The number of hydrogen-bond acceptors (Lipinski definition) is 5. The van der Waals surface area contributed by atoms with Gasteiger partial charge in [0, 0.05) is 23.4 Å². The van der Waals surface area contributed by atoms with Crippen molar-refractivity contribution in [1.29, 1.82) is 0 Å². The number of nitro benzene ring substituents is 1. The zero-order chi connectivity index (χ0) is 23.2. The lowest BCUT2D eigenvalue weighted by molar-refractivity contribution is -0.385. The molecular formula is C25H23N3O4S. The van der Waals surface area contributed by atoms with E-state index in [2.05, 4.69) is 22.2 Å². The zero-order valence-corrected chi connectivity index (χ0v) is 18.7. The Hall–Kier alpha value is -3.65. The molecule has 0 saturated carbocycles. The van der Waals surface area contributed by atoms with Crippen LogP contribution in [0.15, 0.2) is 83.8 Å². The molecule has 0 spiro atoms. The molecule has 0 unspecified atom stereocenters. The number of benzene rings is 3. The van der Waals surface area contributed by atoms with Crippen LogP contribution < -0.4 is 10.0 Å². The maximum atomic E-state index is 13.0. The van der Waals surface area contributed by atoms with Crippen LogP contribution in [0.3, 0.4) is 0 Å². The third-order valence-corrected chi connectivity index (χ3v) is 7.80. The van der Waals surface area contributed by atoms with Gasteiger partial charge in [0.2, 0.25) is 0 Å². The van der Waals surface area contributed by atoms with E-state index in [1.807, 2.05) is 25.1 Å². The molecule has 0 aromatic heterocycles. The van der Waals surface area contributed by atoms with Gasteiger partial charge in [0.15, 0.2) is 0 Å². The smallest absolute Gasteiger partial charge is 0.274 e. The molecule has 1 heterocycles. The van der Waals surface area contributed by atoms with Crippen molar-refractivity contribution < 1.29 is 13.3 Å². The van der Waals surface area contributed by atoms with Crippen molar-refractivity contribution in [2.24, 2.45) is 5.92 Å². The van der Waals surface area contributed by atoms with Gasteiger partial charge in [-0.05, 0) is 55.2 Å². The normalized spacial score (nSPS) is 21.1. The lowest BCUT2D eigenvalue weighted by Gasteiger charge is -2.37.